The number of ether oxygens (including phenoxy) is 2. The molecule has 8 heteroatoms. The second-order valence-electron chi connectivity index (χ2n) is 5.08. The fourth-order valence-corrected chi connectivity index (χ4v) is 4.80. The Morgan fingerprint density at radius 2 is 1.96 bits per heavy atom. The number of sulfone groups is 1. The van der Waals surface area contributed by atoms with Crippen molar-refractivity contribution in [3.8, 4) is 12.3 Å². The molecule has 1 aliphatic rings. The zero-order valence-electron chi connectivity index (χ0n) is 12.8. The first kappa shape index (κ1) is 18.5. The summed E-state index contributed by atoms with van der Waals surface area (Å²) >= 11 is 0. The molecule has 1 saturated heterocycles. The second kappa shape index (κ2) is 5.92. The summed E-state index contributed by atoms with van der Waals surface area (Å²) in [5, 5.41) is 0. The molecule has 0 aliphatic carbocycles. The van der Waals surface area contributed by atoms with E-state index in [1.54, 1.807) is 5.92 Å². The molecular weight excluding hydrogens is 345 g/mol. The highest BCUT2D eigenvalue weighted by atomic mass is 32.2. The van der Waals surface area contributed by atoms with Gasteiger partial charge in [0.2, 0.25) is 14.6 Å². The molecule has 0 radical (unpaired) electrons. The van der Waals surface area contributed by atoms with Gasteiger partial charge < -0.3 is 9.47 Å². The molecule has 1 fully saturated rings. The predicted octanol–water partition coefficient (Wildman–Crippen LogP) is 2.71. The van der Waals surface area contributed by atoms with E-state index < -0.39 is 45.3 Å². The standard InChI is InChI=1S/C16H15F3O4S/c1-4-14(24(20,21)13-9-7-6-8-10-13)12(3)11-23-15(14,22-5-2)16(17,18)19/h1,6-10H,3,5,11H2,2H3. The molecule has 130 valence electrons. The number of hydrogen-bond donors (Lipinski definition) is 0. The van der Waals surface area contributed by atoms with Gasteiger partial charge in [0, 0.05) is 6.61 Å². The molecule has 0 aromatic heterocycles. The Kier molecular flexibility index (Phi) is 4.57. The third kappa shape index (κ3) is 2.19. The summed E-state index contributed by atoms with van der Waals surface area (Å²) in [6, 6.07) is 6.61. The van der Waals surface area contributed by atoms with Gasteiger partial charge in [-0.3, -0.25) is 0 Å². The topological polar surface area (TPSA) is 52.6 Å². The van der Waals surface area contributed by atoms with E-state index in [-0.39, 0.29) is 4.90 Å². The highest BCUT2D eigenvalue weighted by molar-refractivity contribution is 7.93. The smallest absolute Gasteiger partial charge is 0.341 e. The minimum atomic E-state index is -5.20. The average Bonchev–Trinajstić information content (AvgIpc) is 2.83. The lowest BCUT2D eigenvalue weighted by molar-refractivity contribution is -0.369. The molecule has 4 nitrogen and oxygen atoms in total. The van der Waals surface area contributed by atoms with Crippen LogP contribution in [0.3, 0.4) is 0 Å². The Bertz CT molecular complexity index is 780. The molecule has 0 bridgehead atoms. The molecule has 24 heavy (non-hydrogen) atoms. The summed E-state index contributed by atoms with van der Waals surface area (Å²) in [6.45, 7) is 3.58. The number of hydrogen-bond acceptors (Lipinski definition) is 4. The van der Waals surface area contributed by atoms with Crippen molar-refractivity contribution in [1.29, 1.82) is 0 Å². The second-order valence-corrected chi connectivity index (χ2v) is 7.17. The summed E-state index contributed by atoms with van der Waals surface area (Å²) in [6.07, 6.45) is 0.137. The van der Waals surface area contributed by atoms with E-state index in [0.717, 1.165) is 12.1 Å². The Morgan fingerprint density at radius 3 is 2.42 bits per heavy atom. The van der Waals surface area contributed by atoms with Gasteiger partial charge in [-0.15, -0.1) is 6.42 Å². The highest BCUT2D eigenvalue weighted by Crippen LogP contribution is 2.55. The maximum absolute atomic E-state index is 13.9. The average molecular weight is 360 g/mol. The quantitative estimate of drug-likeness (QED) is 0.612. The van der Waals surface area contributed by atoms with Gasteiger partial charge in [-0.25, -0.2) is 8.42 Å². The van der Waals surface area contributed by atoms with Gasteiger partial charge >= 0.3 is 12.0 Å². The Balaban J connectivity index is 2.86. The fraction of sp³-hybridized carbons (Fsp3) is 0.375. The Labute approximate surface area is 138 Å². The lowest BCUT2D eigenvalue weighted by Crippen LogP contribution is -2.65. The van der Waals surface area contributed by atoms with Crippen LogP contribution in [0.4, 0.5) is 13.2 Å². The molecule has 1 aromatic carbocycles. The Hall–Kier alpha value is -1.82. The van der Waals surface area contributed by atoms with Crippen LogP contribution in [0.2, 0.25) is 0 Å². The lowest BCUT2D eigenvalue weighted by Gasteiger charge is -2.40. The third-order valence-corrected chi connectivity index (χ3v) is 6.17. The normalized spacial score (nSPS) is 27.9. The van der Waals surface area contributed by atoms with Gasteiger partial charge in [-0.2, -0.15) is 13.2 Å². The van der Waals surface area contributed by atoms with Crippen LogP contribution in [0.25, 0.3) is 0 Å². The van der Waals surface area contributed by atoms with Crippen LogP contribution >= 0.6 is 0 Å². The minimum absolute atomic E-state index is 0.372. The SMILES string of the molecule is C#CC1(S(=O)(=O)c2ccccc2)C(=C)COC1(OCC)C(F)(F)F. The molecular formula is C16H15F3O4S. The maximum Gasteiger partial charge on any atom is 0.446 e. The predicted molar refractivity (Wildman–Crippen MR) is 80.7 cm³/mol. The van der Waals surface area contributed by atoms with Gasteiger partial charge in [-0.05, 0) is 24.6 Å². The fourth-order valence-electron chi connectivity index (χ4n) is 2.75. The number of terminal acetylenes is 1. The lowest BCUT2D eigenvalue weighted by atomic mass is 9.93. The Morgan fingerprint density at radius 1 is 1.38 bits per heavy atom. The molecule has 1 aromatic rings. The molecule has 0 N–H and O–H groups in total. The molecule has 2 atom stereocenters. The zero-order valence-corrected chi connectivity index (χ0v) is 13.6. The van der Waals surface area contributed by atoms with Crippen LogP contribution in [0.1, 0.15) is 6.92 Å². The van der Waals surface area contributed by atoms with Gasteiger partial charge in [-0.1, -0.05) is 30.7 Å². The van der Waals surface area contributed by atoms with Crippen LogP contribution in [-0.2, 0) is 19.3 Å². The van der Waals surface area contributed by atoms with E-state index in [1.165, 1.54) is 25.1 Å². The summed E-state index contributed by atoms with van der Waals surface area (Å²) < 4.78 is 74.4. The molecule has 2 unspecified atom stereocenters. The van der Waals surface area contributed by atoms with Crippen molar-refractivity contribution in [2.45, 2.75) is 28.5 Å². The third-order valence-electron chi connectivity index (χ3n) is 3.79. The summed E-state index contributed by atoms with van der Waals surface area (Å²) in [5.41, 5.74) is -0.403. The first-order chi connectivity index (χ1) is 11.1. The van der Waals surface area contributed by atoms with E-state index in [9.17, 15) is 21.6 Å². The summed E-state index contributed by atoms with van der Waals surface area (Å²) in [7, 11) is -4.72. The number of benzene rings is 1. The van der Waals surface area contributed by atoms with Crippen LogP contribution in [-0.4, -0.2) is 38.3 Å². The van der Waals surface area contributed by atoms with Crippen LogP contribution in [0.15, 0.2) is 47.4 Å². The van der Waals surface area contributed by atoms with Crippen molar-refractivity contribution in [3.05, 3.63) is 42.5 Å². The first-order valence-corrected chi connectivity index (χ1v) is 8.39. The van der Waals surface area contributed by atoms with Crippen molar-refractivity contribution >= 4 is 9.84 Å². The molecule has 0 amide bonds. The maximum atomic E-state index is 13.9. The van der Waals surface area contributed by atoms with Gasteiger partial charge in [0.25, 0.3) is 0 Å². The van der Waals surface area contributed by atoms with E-state index >= 15 is 0 Å². The molecule has 0 saturated carbocycles. The summed E-state index contributed by atoms with van der Waals surface area (Å²) in [4.78, 5) is -0.372. The van der Waals surface area contributed by atoms with Crippen molar-refractivity contribution in [2.75, 3.05) is 13.2 Å². The van der Waals surface area contributed by atoms with E-state index in [1.807, 2.05) is 0 Å². The van der Waals surface area contributed by atoms with Crippen LogP contribution in [0.5, 0.6) is 0 Å². The zero-order chi connectivity index (χ0) is 18.2. The highest BCUT2D eigenvalue weighted by Gasteiger charge is 2.78. The largest absolute Gasteiger partial charge is 0.446 e. The molecule has 2 rings (SSSR count). The van der Waals surface area contributed by atoms with Crippen LogP contribution in [0, 0.1) is 12.3 Å². The number of halogens is 3. The molecule has 1 aliphatic heterocycles. The monoisotopic (exact) mass is 360 g/mol. The van der Waals surface area contributed by atoms with Crippen LogP contribution < -0.4 is 0 Å². The van der Waals surface area contributed by atoms with Gasteiger partial charge in [0.1, 0.15) is 0 Å². The van der Waals surface area contributed by atoms with Crippen molar-refractivity contribution in [2.24, 2.45) is 0 Å². The van der Waals surface area contributed by atoms with E-state index in [0.29, 0.717) is 0 Å². The summed E-state index contributed by atoms with van der Waals surface area (Å²) in [5.74, 6) is -1.73. The molecule has 1 heterocycles. The first-order valence-electron chi connectivity index (χ1n) is 6.91. The van der Waals surface area contributed by atoms with Crippen molar-refractivity contribution in [1.82, 2.24) is 0 Å². The van der Waals surface area contributed by atoms with E-state index in [2.05, 4.69) is 6.58 Å². The van der Waals surface area contributed by atoms with Gasteiger partial charge in [0.05, 0.1) is 11.5 Å². The van der Waals surface area contributed by atoms with Crippen molar-refractivity contribution < 1.29 is 31.1 Å². The van der Waals surface area contributed by atoms with E-state index in [4.69, 9.17) is 15.9 Å². The van der Waals surface area contributed by atoms with Gasteiger partial charge in [0.15, 0.2) is 0 Å². The minimum Gasteiger partial charge on any atom is -0.341 e. The van der Waals surface area contributed by atoms with Crippen molar-refractivity contribution in [3.63, 3.8) is 0 Å². The molecule has 0 spiro atoms. The number of alkyl halides is 3. The number of rotatable bonds is 4.